The smallest absolute Gasteiger partial charge is 0.237 e. The van der Waals surface area contributed by atoms with Crippen LogP contribution in [-0.2, 0) is 14.6 Å². The Morgan fingerprint density at radius 3 is 2.28 bits per heavy atom. The molecule has 6 heteroatoms. The van der Waals surface area contributed by atoms with Crippen LogP contribution in [0.5, 0.6) is 0 Å². The van der Waals surface area contributed by atoms with Crippen molar-refractivity contribution in [1.82, 2.24) is 10.6 Å². The first-order valence-corrected chi connectivity index (χ1v) is 8.15. The fraction of sp³-hybridized carbons (Fsp3) is 0.917. The lowest BCUT2D eigenvalue weighted by atomic mass is 10.1. The van der Waals surface area contributed by atoms with E-state index < -0.39 is 9.84 Å². The van der Waals surface area contributed by atoms with Crippen molar-refractivity contribution in [2.45, 2.75) is 52.6 Å². The summed E-state index contributed by atoms with van der Waals surface area (Å²) in [5, 5.41) is 5.89. The quantitative estimate of drug-likeness (QED) is 0.672. The molecule has 0 aliphatic rings. The Bertz CT molecular complexity index is 358. The van der Waals surface area contributed by atoms with E-state index in [1.807, 2.05) is 20.8 Å². The second-order valence-corrected chi connectivity index (χ2v) is 7.98. The fourth-order valence-corrected chi connectivity index (χ4v) is 2.20. The highest BCUT2D eigenvalue weighted by Gasteiger charge is 2.18. The average molecular weight is 278 g/mol. The van der Waals surface area contributed by atoms with E-state index >= 15 is 0 Å². The molecule has 0 aromatic carbocycles. The summed E-state index contributed by atoms with van der Waals surface area (Å²) in [6, 6.07) is -0.312. The van der Waals surface area contributed by atoms with Gasteiger partial charge in [-0.05, 0) is 40.7 Å². The Morgan fingerprint density at radius 1 is 1.28 bits per heavy atom. The third-order valence-corrected chi connectivity index (χ3v) is 4.20. The number of nitrogens with one attached hydrogen (secondary N) is 2. The molecule has 108 valence electrons. The van der Waals surface area contributed by atoms with Gasteiger partial charge in [-0.2, -0.15) is 0 Å². The molecule has 0 saturated carbocycles. The lowest BCUT2D eigenvalue weighted by Crippen LogP contribution is -2.49. The first-order chi connectivity index (χ1) is 8.07. The molecule has 1 atom stereocenters. The van der Waals surface area contributed by atoms with Gasteiger partial charge in [0.15, 0.2) is 0 Å². The first-order valence-electron chi connectivity index (χ1n) is 6.33. The number of carbonyl (C=O) groups is 1. The van der Waals surface area contributed by atoms with E-state index in [-0.39, 0.29) is 29.0 Å². The van der Waals surface area contributed by atoms with Gasteiger partial charge in [-0.1, -0.05) is 6.92 Å². The molecule has 0 rings (SSSR count). The zero-order valence-corrected chi connectivity index (χ0v) is 12.9. The van der Waals surface area contributed by atoms with E-state index in [4.69, 9.17) is 0 Å². The predicted molar refractivity (Wildman–Crippen MR) is 74.3 cm³/mol. The molecule has 0 saturated heterocycles. The predicted octanol–water partition coefficient (Wildman–Crippen LogP) is 0.704. The summed E-state index contributed by atoms with van der Waals surface area (Å²) in [7, 11) is -2.91. The highest BCUT2D eigenvalue weighted by Crippen LogP contribution is 1.99. The van der Waals surface area contributed by atoms with E-state index in [9.17, 15) is 13.2 Å². The summed E-state index contributed by atoms with van der Waals surface area (Å²) in [5.74, 6) is 0.276. The highest BCUT2D eigenvalue weighted by molar-refractivity contribution is 7.91. The van der Waals surface area contributed by atoms with Crippen molar-refractivity contribution in [3.8, 4) is 0 Å². The van der Waals surface area contributed by atoms with Crippen LogP contribution in [0.25, 0.3) is 0 Å². The zero-order valence-electron chi connectivity index (χ0n) is 12.0. The van der Waals surface area contributed by atoms with Crippen molar-refractivity contribution in [3.63, 3.8) is 0 Å². The SMILES string of the molecule is CCS(=O)(=O)CCCNC(C)C(=O)NC(C)(C)C. The average Bonchev–Trinajstić information content (AvgIpc) is 2.21. The van der Waals surface area contributed by atoms with Crippen LogP contribution in [0.2, 0.25) is 0 Å². The summed E-state index contributed by atoms with van der Waals surface area (Å²) in [5.41, 5.74) is -0.251. The Kier molecular flexibility index (Phi) is 6.84. The molecule has 0 aliphatic carbocycles. The van der Waals surface area contributed by atoms with Gasteiger partial charge in [-0.25, -0.2) is 8.42 Å². The summed E-state index contributed by atoms with van der Waals surface area (Å²) >= 11 is 0. The molecule has 0 aliphatic heterocycles. The second kappa shape index (κ2) is 7.09. The molecule has 0 radical (unpaired) electrons. The molecular formula is C12H26N2O3S. The van der Waals surface area contributed by atoms with Crippen LogP contribution < -0.4 is 10.6 Å². The third kappa shape index (κ3) is 8.47. The van der Waals surface area contributed by atoms with Crippen molar-refractivity contribution in [2.75, 3.05) is 18.1 Å². The van der Waals surface area contributed by atoms with Gasteiger partial charge < -0.3 is 10.6 Å². The lowest BCUT2D eigenvalue weighted by Gasteiger charge is -2.23. The minimum absolute atomic E-state index is 0.0687. The molecule has 18 heavy (non-hydrogen) atoms. The third-order valence-electron chi connectivity index (χ3n) is 2.41. The van der Waals surface area contributed by atoms with Crippen LogP contribution in [0.1, 0.15) is 41.0 Å². The van der Waals surface area contributed by atoms with Gasteiger partial charge in [0.05, 0.1) is 11.8 Å². The van der Waals surface area contributed by atoms with Crippen molar-refractivity contribution in [3.05, 3.63) is 0 Å². The van der Waals surface area contributed by atoms with Crippen LogP contribution >= 0.6 is 0 Å². The Hall–Kier alpha value is -0.620. The Balaban J connectivity index is 3.91. The normalized spacial score (nSPS) is 14.3. The second-order valence-electron chi connectivity index (χ2n) is 5.50. The minimum atomic E-state index is -2.91. The van der Waals surface area contributed by atoms with Gasteiger partial charge >= 0.3 is 0 Å². The van der Waals surface area contributed by atoms with Gasteiger partial charge in [0, 0.05) is 11.3 Å². The largest absolute Gasteiger partial charge is 0.350 e. The number of rotatable bonds is 7. The number of hydrogen-bond acceptors (Lipinski definition) is 4. The molecule has 1 amide bonds. The van der Waals surface area contributed by atoms with Crippen molar-refractivity contribution in [2.24, 2.45) is 0 Å². The van der Waals surface area contributed by atoms with Crippen LogP contribution in [0.3, 0.4) is 0 Å². The number of hydrogen-bond donors (Lipinski definition) is 2. The molecule has 0 fully saturated rings. The monoisotopic (exact) mass is 278 g/mol. The molecule has 0 heterocycles. The van der Waals surface area contributed by atoms with Gasteiger partial charge in [-0.15, -0.1) is 0 Å². The van der Waals surface area contributed by atoms with E-state index in [1.54, 1.807) is 13.8 Å². The summed E-state index contributed by atoms with van der Waals surface area (Å²) in [6.07, 6.45) is 0.531. The number of carbonyl (C=O) groups excluding carboxylic acids is 1. The molecule has 0 aromatic heterocycles. The topological polar surface area (TPSA) is 75.3 Å². The van der Waals surface area contributed by atoms with Crippen molar-refractivity contribution in [1.29, 1.82) is 0 Å². The van der Waals surface area contributed by atoms with Crippen LogP contribution in [0.4, 0.5) is 0 Å². The van der Waals surface area contributed by atoms with Crippen molar-refractivity contribution < 1.29 is 13.2 Å². The maximum absolute atomic E-state index is 11.7. The molecule has 1 unspecified atom stereocenters. The summed E-state index contributed by atoms with van der Waals surface area (Å²) < 4.78 is 22.5. The van der Waals surface area contributed by atoms with E-state index in [2.05, 4.69) is 10.6 Å². The highest BCUT2D eigenvalue weighted by atomic mass is 32.2. The van der Waals surface area contributed by atoms with Crippen LogP contribution in [0.15, 0.2) is 0 Å². The maximum atomic E-state index is 11.7. The van der Waals surface area contributed by atoms with Gasteiger partial charge in [0.2, 0.25) is 5.91 Å². The first kappa shape index (κ1) is 17.4. The fourth-order valence-electron chi connectivity index (χ4n) is 1.33. The van der Waals surface area contributed by atoms with E-state index in [0.29, 0.717) is 13.0 Å². The Morgan fingerprint density at radius 2 is 1.83 bits per heavy atom. The minimum Gasteiger partial charge on any atom is -0.350 e. The van der Waals surface area contributed by atoms with Gasteiger partial charge in [-0.3, -0.25) is 4.79 Å². The summed E-state index contributed by atoms with van der Waals surface area (Å²) in [4.78, 5) is 11.7. The van der Waals surface area contributed by atoms with Gasteiger partial charge in [0.25, 0.3) is 0 Å². The zero-order chi connectivity index (χ0) is 14.4. The van der Waals surface area contributed by atoms with Gasteiger partial charge in [0.1, 0.15) is 9.84 Å². The van der Waals surface area contributed by atoms with E-state index in [0.717, 1.165) is 0 Å². The molecule has 2 N–H and O–H groups in total. The van der Waals surface area contributed by atoms with E-state index in [1.165, 1.54) is 0 Å². The molecule has 0 spiro atoms. The number of amides is 1. The molecule has 0 aromatic rings. The van der Waals surface area contributed by atoms with Crippen LogP contribution in [0, 0.1) is 0 Å². The molecule has 5 nitrogen and oxygen atoms in total. The lowest BCUT2D eigenvalue weighted by molar-refractivity contribution is -0.124. The summed E-state index contributed by atoms with van der Waals surface area (Å²) in [6.45, 7) is 9.71. The van der Waals surface area contributed by atoms with Crippen molar-refractivity contribution >= 4 is 15.7 Å². The maximum Gasteiger partial charge on any atom is 0.237 e. The standard InChI is InChI=1S/C12H26N2O3S/c1-6-18(16,17)9-7-8-13-10(2)11(15)14-12(3,4)5/h10,13H,6-9H2,1-5H3,(H,14,15). The molecular weight excluding hydrogens is 252 g/mol. The Labute approximate surface area is 111 Å². The molecule has 0 bridgehead atoms. The van der Waals surface area contributed by atoms with Crippen LogP contribution in [-0.4, -0.2) is 44.0 Å². The number of sulfone groups is 1.